The number of rotatable bonds is 12. The Morgan fingerprint density at radius 2 is 0.766 bits per heavy atom. The molecule has 15 atom stereocenters. The second kappa shape index (κ2) is 16.6. The maximum atomic E-state index is 14.6. The van der Waals surface area contributed by atoms with E-state index in [0.29, 0.717) is 0 Å². The minimum Gasteiger partial charge on any atom is -0.394 e. The van der Waals surface area contributed by atoms with Gasteiger partial charge in [-0.1, -0.05) is 0 Å². The minimum absolute atomic E-state index is 0.814. The first kappa shape index (κ1) is 39.5. The van der Waals surface area contributed by atoms with Crippen molar-refractivity contribution < 1.29 is 92.7 Å². The molecule has 3 aliphatic heterocycles. The topological polar surface area (TPSA) is 342 Å². The lowest BCUT2D eigenvalue weighted by atomic mass is 9.97. The molecular formula is C24H42N3O19P. The van der Waals surface area contributed by atoms with E-state index in [9.17, 15) is 64.9 Å². The summed E-state index contributed by atoms with van der Waals surface area (Å²) >= 11 is 0. The van der Waals surface area contributed by atoms with Gasteiger partial charge in [0.25, 0.3) is 0 Å². The number of hydrogen-bond donors (Lipinski definition) is 12. The lowest BCUT2D eigenvalue weighted by Crippen LogP contribution is -2.66. The Morgan fingerprint density at radius 1 is 0.532 bits per heavy atom. The van der Waals surface area contributed by atoms with Crippen LogP contribution >= 0.6 is 7.82 Å². The Bertz CT molecular complexity index is 1000. The number of aliphatic hydroxyl groups excluding tert-OH is 9. The Kier molecular flexibility index (Phi) is 14.0. The smallest absolute Gasteiger partial charge is 0.394 e. The monoisotopic (exact) mass is 707 g/mol. The Morgan fingerprint density at radius 3 is 0.957 bits per heavy atom. The Balaban J connectivity index is 2.10. The van der Waals surface area contributed by atoms with Gasteiger partial charge in [-0.2, -0.15) is 0 Å². The zero-order chi connectivity index (χ0) is 35.4. The van der Waals surface area contributed by atoms with Crippen LogP contribution in [0.25, 0.3) is 0 Å². The summed E-state index contributed by atoms with van der Waals surface area (Å²) in [4.78, 5) is 35.9. The second-order valence-electron chi connectivity index (χ2n) is 11.1. The molecule has 0 radical (unpaired) electrons. The molecule has 0 aromatic rings. The van der Waals surface area contributed by atoms with Crippen LogP contribution in [-0.2, 0) is 46.7 Å². The zero-order valence-electron chi connectivity index (χ0n) is 25.3. The lowest BCUT2D eigenvalue weighted by Gasteiger charge is -2.46. The van der Waals surface area contributed by atoms with Crippen molar-refractivity contribution in [1.29, 1.82) is 0 Å². The van der Waals surface area contributed by atoms with Gasteiger partial charge in [-0.3, -0.25) is 28.0 Å². The van der Waals surface area contributed by atoms with Gasteiger partial charge in [0.1, 0.15) is 73.1 Å². The second-order valence-corrected chi connectivity index (χ2v) is 12.6. The number of hydrogen-bond acceptors (Lipinski definition) is 19. The van der Waals surface area contributed by atoms with Crippen LogP contribution in [0.3, 0.4) is 0 Å². The van der Waals surface area contributed by atoms with Gasteiger partial charge in [0, 0.05) is 20.8 Å². The van der Waals surface area contributed by atoms with Crippen LogP contribution in [-0.4, -0.2) is 175 Å². The van der Waals surface area contributed by atoms with Gasteiger partial charge >= 0.3 is 7.82 Å². The van der Waals surface area contributed by atoms with E-state index in [1.807, 2.05) is 0 Å². The van der Waals surface area contributed by atoms with Crippen molar-refractivity contribution in [3.8, 4) is 0 Å². The molecule has 0 spiro atoms. The fraction of sp³-hybridized carbons (Fsp3) is 0.875. The van der Waals surface area contributed by atoms with Gasteiger partial charge in [0.2, 0.25) is 17.7 Å². The van der Waals surface area contributed by atoms with Crippen molar-refractivity contribution in [1.82, 2.24) is 16.0 Å². The average Bonchev–Trinajstić information content (AvgIpc) is 2.99. The van der Waals surface area contributed by atoms with Crippen molar-refractivity contribution in [3.05, 3.63) is 0 Å². The fourth-order valence-electron chi connectivity index (χ4n) is 5.14. The molecule has 0 bridgehead atoms. The molecule has 12 N–H and O–H groups in total. The van der Waals surface area contributed by atoms with Gasteiger partial charge < -0.3 is 76.1 Å². The van der Waals surface area contributed by atoms with E-state index in [2.05, 4.69) is 16.0 Å². The molecule has 3 heterocycles. The summed E-state index contributed by atoms with van der Waals surface area (Å²) in [6.07, 6.45) is -22.5. The fourth-order valence-corrected chi connectivity index (χ4v) is 6.59. The highest BCUT2D eigenvalue weighted by Crippen LogP contribution is 2.56. The first-order chi connectivity index (χ1) is 22.0. The first-order valence-corrected chi connectivity index (χ1v) is 15.8. The predicted molar refractivity (Wildman–Crippen MR) is 147 cm³/mol. The number of ether oxygens (including phenoxy) is 3. The Hall–Kier alpha value is -1.96. The normalized spacial score (nSPS) is 41.1. The van der Waals surface area contributed by atoms with E-state index in [1.54, 1.807) is 0 Å². The van der Waals surface area contributed by atoms with Gasteiger partial charge in [-0.15, -0.1) is 0 Å². The van der Waals surface area contributed by atoms with Crippen molar-refractivity contribution in [2.75, 3.05) is 19.8 Å². The molecule has 3 amide bonds. The largest absolute Gasteiger partial charge is 0.482 e. The molecule has 0 unspecified atom stereocenters. The number of nitrogens with one attached hydrogen (secondary N) is 3. The number of phosphoric acid groups is 1. The Labute approximate surface area is 267 Å². The number of aliphatic hydroxyl groups is 9. The highest BCUT2D eigenvalue weighted by molar-refractivity contribution is 7.48. The van der Waals surface area contributed by atoms with Crippen LogP contribution in [0.4, 0.5) is 0 Å². The average molecular weight is 708 g/mol. The summed E-state index contributed by atoms with van der Waals surface area (Å²) in [6.45, 7) is 0.209. The number of phosphoric ester groups is 1. The molecule has 47 heavy (non-hydrogen) atoms. The lowest BCUT2D eigenvalue weighted by molar-refractivity contribution is -0.280. The van der Waals surface area contributed by atoms with Crippen molar-refractivity contribution >= 4 is 25.5 Å². The van der Waals surface area contributed by atoms with Gasteiger partial charge in [-0.25, -0.2) is 4.57 Å². The van der Waals surface area contributed by atoms with Gasteiger partial charge in [0.15, 0.2) is 18.9 Å². The van der Waals surface area contributed by atoms with Crippen LogP contribution in [0.15, 0.2) is 0 Å². The van der Waals surface area contributed by atoms with E-state index in [0.717, 1.165) is 20.8 Å². The third kappa shape index (κ3) is 9.39. The maximum absolute atomic E-state index is 14.6. The summed E-state index contributed by atoms with van der Waals surface area (Å²) in [5.74, 6) is -2.44. The number of carbonyl (C=O) groups is 3. The highest BCUT2D eigenvalue weighted by Gasteiger charge is 2.55. The molecular weight excluding hydrogens is 665 g/mol. The summed E-state index contributed by atoms with van der Waals surface area (Å²) in [5.41, 5.74) is 0. The molecule has 0 aromatic carbocycles. The van der Waals surface area contributed by atoms with Crippen LogP contribution in [0, 0.1) is 0 Å². The highest BCUT2D eigenvalue weighted by atomic mass is 31.2. The van der Waals surface area contributed by atoms with Crippen LogP contribution in [0.2, 0.25) is 0 Å². The zero-order valence-corrected chi connectivity index (χ0v) is 26.2. The van der Waals surface area contributed by atoms with Gasteiger partial charge in [-0.05, 0) is 0 Å². The van der Waals surface area contributed by atoms with E-state index in [1.165, 1.54) is 0 Å². The molecule has 3 saturated heterocycles. The molecule has 0 saturated carbocycles. The number of carbonyl (C=O) groups excluding carboxylic acids is 3. The molecule has 23 heteroatoms. The SMILES string of the molecule is CC(=O)N[C@H]1[C@@H](OP(=O)(O[C@H]2O[C@H](CO)[C@@H](O)[C@H](O)[C@H]2NC(C)=O)O[C@H]2O[C@H](CO)[C@@H](O)[C@H](O)[C@H]2NC(C)=O)O[C@H](CO)[C@@H](O)[C@@H]1O. The molecule has 3 rings (SSSR count). The molecule has 0 aliphatic carbocycles. The molecule has 3 fully saturated rings. The van der Waals surface area contributed by atoms with Crippen molar-refractivity contribution in [2.24, 2.45) is 0 Å². The van der Waals surface area contributed by atoms with E-state index in [4.69, 9.17) is 27.8 Å². The van der Waals surface area contributed by atoms with Crippen molar-refractivity contribution in [3.63, 3.8) is 0 Å². The molecule has 3 aliphatic rings. The molecule has 22 nitrogen and oxygen atoms in total. The summed E-state index contributed by atoms with van der Waals surface area (Å²) < 4.78 is 47.5. The molecule has 0 aromatic heterocycles. The predicted octanol–water partition coefficient (Wildman–Crippen LogP) is -7.02. The third-order valence-electron chi connectivity index (χ3n) is 7.45. The standard InChI is InChI=1S/C24H42N3O19P/c1-7(31)25-13-19(37)16(34)10(4-28)41-22(13)44-47(40,45-23-14(26-8(2)32)20(38)17(35)11(5-29)42-23)46-24-15(27-9(3)33)21(39)18(36)12(6-30)43-24/h10-24,28-30,34-39H,4-6H2,1-3H3,(H,25,31)(H,26,32)(H,27,33)/t10-,11-,12-,13-,14-,15-,16-,17-,18-,19-,20-,21-,22-,23-,24-/m1/s1. The third-order valence-corrected chi connectivity index (χ3v) is 8.85. The van der Waals surface area contributed by atoms with Gasteiger partial charge in [0.05, 0.1) is 19.8 Å². The van der Waals surface area contributed by atoms with E-state index >= 15 is 0 Å². The van der Waals surface area contributed by atoms with E-state index in [-0.39, 0.29) is 0 Å². The maximum Gasteiger partial charge on any atom is 0.482 e. The summed E-state index contributed by atoms with van der Waals surface area (Å²) in [5, 5.41) is 99.0. The number of amides is 3. The summed E-state index contributed by atoms with van der Waals surface area (Å²) in [7, 11) is -5.57. The first-order valence-electron chi connectivity index (χ1n) is 14.3. The van der Waals surface area contributed by atoms with Crippen LogP contribution < -0.4 is 16.0 Å². The summed E-state index contributed by atoms with van der Waals surface area (Å²) in [6, 6.07) is -5.26. The minimum atomic E-state index is -5.57. The van der Waals surface area contributed by atoms with Crippen LogP contribution in [0.1, 0.15) is 20.8 Å². The quantitative estimate of drug-likeness (QED) is 0.0838. The van der Waals surface area contributed by atoms with Crippen molar-refractivity contribution in [2.45, 2.75) is 113 Å². The molecule has 272 valence electrons. The van der Waals surface area contributed by atoms with E-state index < -0.39 is 137 Å². The van der Waals surface area contributed by atoms with Crippen LogP contribution in [0.5, 0.6) is 0 Å².